The van der Waals surface area contributed by atoms with E-state index in [2.05, 4.69) is 10.3 Å². The van der Waals surface area contributed by atoms with E-state index in [9.17, 15) is 9.59 Å². The number of carbonyl (C=O) groups excluding carboxylic acids is 1. The van der Waals surface area contributed by atoms with Crippen LogP contribution in [0.1, 0.15) is 25.5 Å². The van der Waals surface area contributed by atoms with Gasteiger partial charge in [-0.05, 0) is 43.7 Å². The van der Waals surface area contributed by atoms with E-state index in [0.717, 1.165) is 11.3 Å². The van der Waals surface area contributed by atoms with Gasteiger partial charge in [0, 0.05) is 0 Å². The zero-order chi connectivity index (χ0) is 18.5. The fraction of sp³-hybridized carbons (Fsp3) is 0.250. The van der Waals surface area contributed by atoms with Gasteiger partial charge in [-0.25, -0.2) is 4.98 Å². The minimum atomic E-state index is -0.251. The molecule has 1 heterocycles. The monoisotopic (exact) mass is 351 g/mol. The molecule has 1 atom stereocenters. The fourth-order valence-corrected chi connectivity index (χ4v) is 2.78. The second kappa shape index (κ2) is 7.82. The largest absolute Gasteiger partial charge is 0.494 e. The maximum atomic E-state index is 12.5. The van der Waals surface area contributed by atoms with Crippen LogP contribution in [-0.2, 0) is 11.3 Å². The van der Waals surface area contributed by atoms with Crippen LogP contribution in [0.15, 0.2) is 59.7 Å². The van der Waals surface area contributed by atoms with Crippen molar-refractivity contribution in [1.82, 2.24) is 14.9 Å². The molecule has 0 aliphatic heterocycles. The standard InChI is InChI=1S/C20H21N3O3/c1-3-26-16-8-6-7-15(11-16)14(2)22-19(24)12-23-13-21-18-10-5-4-9-17(18)20(23)25/h4-11,13-14H,3,12H2,1-2H3,(H,22,24). The summed E-state index contributed by atoms with van der Waals surface area (Å²) in [6.07, 6.45) is 1.41. The number of benzene rings is 2. The van der Waals surface area contributed by atoms with Gasteiger partial charge in [0.15, 0.2) is 0 Å². The summed E-state index contributed by atoms with van der Waals surface area (Å²) in [5.41, 5.74) is 1.33. The van der Waals surface area contributed by atoms with E-state index in [1.165, 1.54) is 10.9 Å². The van der Waals surface area contributed by atoms with E-state index in [0.29, 0.717) is 17.5 Å². The van der Waals surface area contributed by atoms with Crippen molar-refractivity contribution >= 4 is 16.8 Å². The molecular formula is C20H21N3O3. The number of nitrogens with one attached hydrogen (secondary N) is 1. The van der Waals surface area contributed by atoms with E-state index >= 15 is 0 Å². The van der Waals surface area contributed by atoms with Crippen LogP contribution in [0.4, 0.5) is 0 Å². The number of fused-ring (bicyclic) bond motifs is 1. The van der Waals surface area contributed by atoms with E-state index in [1.807, 2.05) is 44.2 Å². The first-order valence-electron chi connectivity index (χ1n) is 8.54. The SMILES string of the molecule is CCOc1cccc(C(C)NC(=O)Cn2cnc3ccccc3c2=O)c1. The number of amides is 1. The predicted molar refractivity (Wildman–Crippen MR) is 100 cm³/mol. The molecule has 6 nitrogen and oxygen atoms in total. The Kier molecular flexibility index (Phi) is 5.31. The first kappa shape index (κ1) is 17.7. The van der Waals surface area contributed by atoms with Crippen LogP contribution >= 0.6 is 0 Å². The first-order valence-corrected chi connectivity index (χ1v) is 8.54. The molecule has 0 aliphatic rings. The van der Waals surface area contributed by atoms with Crippen LogP contribution in [0.5, 0.6) is 5.75 Å². The van der Waals surface area contributed by atoms with Crippen LogP contribution < -0.4 is 15.6 Å². The van der Waals surface area contributed by atoms with Gasteiger partial charge in [-0.2, -0.15) is 0 Å². The van der Waals surface area contributed by atoms with Crippen LogP contribution in [0.25, 0.3) is 10.9 Å². The molecule has 0 spiro atoms. The molecule has 1 amide bonds. The highest BCUT2D eigenvalue weighted by atomic mass is 16.5. The van der Waals surface area contributed by atoms with Crippen LogP contribution in [0, 0.1) is 0 Å². The van der Waals surface area contributed by atoms with Crippen molar-refractivity contribution < 1.29 is 9.53 Å². The second-order valence-corrected chi connectivity index (χ2v) is 5.99. The molecule has 0 radical (unpaired) electrons. The zero-order valence-corrected chi connectivity index (χ0v) is 14.8. The van der Waals surface area contributed by atoms with Crippen LogP contribution in [0.3, 0.4) is 0 Å². The zero-order valence-electron chi connectivity index (χ0n) is 14.8. The number of aromatic nitrogens is 2. The summed E-state index contributed by atoms with van der Waals surface area (Å²) in [7, 11) is 0. The summed E-state index contributed by atoms with van der Waals surface area (Å²) < 4.78 is 6.81. The highest BCUT2D eigenvalue weighted by Gasteiger charge is 2.12. The van der Waals surface area contributed by atoms with Crippen LogP contribution in [-0.4, -0.2) is 22.1 Å². The van der Waals surface area contributed by atoms with Crippen molar-refractivity contribution in [2.75, 3.05) is 6.61 Å². The lowest BCUT2D eigenvalue weighted by Gasteiger charge is -2.16. The Morgan fingerprint density at radius 1 is 1.23 bits per heavy atom. The third-order valence-corrected chi connectivity index (χ3v) is 4.09. The number of rotatable bonds is 6. The molecule has 26 heavy (non-hydrogen) atoms. The Bertz CT molecular complexity index is 981. The second-order valence-electron chi connectivity index (χ2n) is 5.99. The fourth-order valence-electron chi connectivity index (χ4n) is 2.78. The highest BCUT2D eigenvalue weighted by molar-refractivity contribution is 5.79. The third-order valence-electron chi connectivity index (χ3n) is 4.09. The first-order chi connectivity index (χ1) is 12.6. The molecule has 0 aliphatic carbocycles. The van der Waals surface area contributed by atoms with Crippen molar-refractivity contribution in [1.29, 1.82) is 0 Å². The Morgan fingerprint density at radius 2 is 2.04 bits per heavy atom. The van der Waals surface area contributed by atoms with Crippen molar-refractivity contribution in [3.63, 3.8) is 0 Å². The lowest BCUT2D eigenvalue weighted by atomic mass is 10.1. The van der Waals surface area contributed by atoms with Gasteiger partial charge in [0.2, 0.25) is 5.91 Å². The molecule has 1 unspecified atom stereocenters. The van der Waals surface area contributed by atoms with Gasteiger partial charge >= 0.3 is 0 Å². The van der Waals surface area contributed by atoms with Gasteiger partial charge in [-0.3, -0.25) is 14.2 Å². The number of carbonyl (C=O) groups is 1. The van der Waals surface area contributed by atoms with Gasteiger partial charge in [0.05, 0.1) is 29.9 Å². The molecule has 3 aromatic rings. The molecule has 2 aromatic carbocycles. The molecule has 0 bridgehead atoms. The Labute approximate surface area is 151 Å². The van der Waals surface area contributed by atoms with Crippen molar-refractivity contribution in [2.45, 2.75) is 26.4 Å². The Balaban J connectivity index is 1.72. The predicted octanol–water partition coefficient (Wildman–Crippen LogP) is 2.67. The van der Waals surface area contributed by atoms with E-state index in [4.69, 9.17) is 4.74 Å². The average Bonchev–Trinajstić information content (AvgIpc) is 2.65. The number of hydrogen-bond acceptors (Lipinski definition) is 4. The molecule has 0 saturated heterocycles. The maximum Gasteiger partial charge on any atom is 0.261 e. The molecule has 3 rings (SSSR count). The smallest absolute Gasteiger partial charge is 0.261 e. The Morgan fingerprint density at radius 3 is 2.85 bits per heavy atom. The van der Waals surface area contributed by atoms with Gasteiger partial charge in [0.1, 0.15) is 12.3 Å². The molecule has 134 valence electrons. The summed E-state index contributed by atoms with van der Waals surface area (Å²) in [5.74, 6) is 0.513. The molecule has 0 saturated carbocycles. The normalized spacial score (nSPS) is 11.9. The summed E-state index contributed by atoms with van der Waals surface area (Å²) in [5, 5.41) is 3.41. The van der Waals surface area contributed by atoms with Crippen molar-refractivity contribution in [3.8, 4) is 5.75 Å². The minimum absolute atomic E-state index is 0.0772. The van der Waals surface area contributed by atoms with Gasteiger partial charge in [-0.1, -0.05) is 24.3 Å². The minimum Gasteiger partial charge on any atom is -0.494 e. The van der Waals surface area contributed by atoms with Gasteiger partial charge in [-0.15, -0.1) is 0 Å². The van der Waals surface area contributed by atoms with Gasteiger partial charge in [0.25, 0.3) is 5.56 Å². The molecule has 6 heteroatoms. The lowest BCUT2D eigenvalue weighted by Crippen LogP contribution is -2.34. The number of hydrogen-bond donors (Lipinski definition) is 1. The van der Waals surface area contributed by atoms with E-state index in [1.54, 1.807) is 18.2 Å². The Hall–Kier alpha value is -3.15. The highest BCUT2D eigenvalue weighted by Crippen LogP contribution is 2.19. The van der Waals surface area contributed by atoms with Gasteiger partial charge < -0.3 is 10.1 Å². The average molecular weight is 351 g/mol. The molecular weight excluding hydrogens is 330 g/mol. The molecule has 1 N–H and O–H groups in total. The number of ether oxygens (including phenoxy) is 1. The summed E-state index contributed by atoms with van der Waals surface area (Å²) >= 11 is 0. The molecule has 0 fully saturated rings. The van der Waals surface area contributed by atoms with Crippen molar-refractivity contribution in [3.05, 3.63) is 70.8 Å². The third kappa shape index (κ3) is 3.91. The summed E-state index contributed by atoms with van der Waals surface area (Å²) in [6.45, 7) is 4.33. The van der Waals surface area contributed by atoms with E-state index in [-0.39, 0.29) is 24.1 Å². The topological polar surface area (TPSA) is 73.2 Å². The van der Waals surface area contributed by atoms with E-state index < -0.39 is 0 Å². The number of para-hydroxylation sites is 1. The quantitative estimate of drug-likeness (QED) is 0.741. The van der Waals surface area contributed by atoms with Crippen molar-refractivity contribution in [2.24, 2.45) is 0 Å². The lowest BCUT2D eigenvalue weighted by molar-refractivity contribution is -0.122. The molecule has 1 aromatic heterocycles. The summed E-state index contributed by atoms with van der Waals surface area (Å²) in [6, 6.07) is 14.5. The maximum absolute atomic E-state index is 12.5. The van der Waals surface area contributed by atoms with Crippen LogP contribution in [0.2, 0.25) is 0 Å². The summed E-state index contributed by atoms with van der Waals surface area (Å²) in [4.78, 5) is 29.1. The number of nitrogens with zero attached hydrogens (tertiary/aromatic N) is 2.